The van der Waals surface area contributed by atoms with E-state index in [0.717, 1.165) is 12.1 Å². The molecule has 0 N–H and O–H groups in total. The van der Waals surface area contributed by atoms with Gasteiger partial charge in [0.05, 0.1) is 17.4 Å². The molecule has 0 aliphatic carbocycles. The number of anilines is 1. The first kappa shape index (κ1) is 18.7. The number of aromatic nitrogens is 1. The van der Waals surface area contributed by atoms with E-state index in [4.69, 9.17) is 15.9 Å². The van der Waals surface area contributed by atoms with E-state index in [9.17, 15) is 18.0 Å². The summed E-state index contributed by atoms with van der Waals surface area (Å²) in [6.45, 7) is 0.280. The Balaban J connectivity index is 2.02. The number of benzene rings is 1. The van der Waals surface area contributed by atoms with Gasteiger partial charge < -0.3 is 14.4 Å². The second-order valence-electron chi connectivity index (χ2n) is 5.81. The van der Waals surface area contributed by atoms with Crippen LogP contribution < -0.4 is 4.90 Å². The summed E-state index contributed by atoms with van der Waals surface area (Å²) in [5, 5.41) is 0. The molecule has 0 spiro atoms. The van der Waals surface area contributed by atoms with E-state index in [1.54, 1.807) is 6.07 Å². The fourth-order valence-electron chi connectivity index (χ4n) is 3.00. The lowest BCUT2D eigenvalue weighted by atomic mass is 9.95. The van der Waals surface area contributed by atoms with Crippen LogP contribution in [0.4, 0.5) is 18.9 Å². The molecule has 1 aromatic heterocycles. The van der Waals surface area contributed by atoms with Crippen molar-refractivity contribution >= 4 is 11.6 Å². The minimum Gasteiger partial charge on any atom is -0.410 e. The van der Waals surface area contributed by atoms with Gasteiger partial charge >= 0.3 is 6.18 Å². The number of rotatable bonds is 4. The molecular weight excluding hydrogens is 361 g/mol. The van der Waals surface area contributed by atoms with Gasteiger partial charge in [0.25, 0.3) is 5.91 Å². The maximum absolute atomic E-state index is 13.0. The van der Waals surface area contributed by atoms with Crippen molar-refractivity contribution in [3.8, 4) is 12.5 Å². The van der Waals surface area contributed by atoms with Gasteiger partial charge in [-0.3, -0.25) is 9.78 Å². The SMILES string of the molecule is C#COC(OC)c1ccncc1N1CCc2ccc(C(F)(F)F)cc2C1=O. The van der Waals surface area contributed by atoms with Crippen LogP contribution in [0.1, 0.15) is 33.3 Å². The largest absolute Gasteiger partial charge is 0.416 e. The zero-order chi connectivity index (χ0) is 19.6. The molecule has 8 heteroatoms. The van der Waals surface area contributed by atoms with Gasteiger partial charge in [0.1, 0.15) is 6.11 Å². The molecule has 0 fully saturated rings. The Labute approximate surface area is 153 Å². The van der Waals surface area contributed by atoms with E-state index in [0.29, 0.717) is 23.2 Å². The summed E-state index contributed by atoms with van der Waals surface area (Å²) in [6.07, 6.45) is 5.03. The van der Waals surface area contributed by atoms with Crippen LogP contribution in [0.2, 0.25) is 0 Å². The number of fused-ring (bicyclic) bond motifs is 1. The maximum atomic E-state index is 13.0. The molecule has 0 radical (unpaired) electrons. The zero-order valence-corrected chi connectivity index (χ0v) is 14.3. The average Bonchev–Trinajstić information content (AvgIpc) is 2.66. The zero-order valence-electron chi connectivity index (χ0n) is 14.3. The van der Waals surface area contributed by atoms with Crippen LogP contribution in [0, 0.1) is 12.5 Å². The number of methoxy groups -OCH3 is 1. The Hall–Kier alpha value is -3.05. The first-order chi connectivity index (χ1) is 12.9. The fourth-order valence-corrected chi connectivity index (χ4v) is 3.00. The predicted octanol–water partition coefficient (Wildman–Crippen LogP) is 3.56. The Morgan fingerprint density at radius 3 is 2.78 bits per heavy atom. The molecule has 1 amide bonds. The standard InChI is InChI=1S/C19H15F3N2O3/c1-3-27-18(26-2)14-6-8-23-11-16(14)24-9-7-12-4-5-13(19(20,21)22)10-15(12)17(24)25/h1,4-6,8,10-11,18H,7,9H2,2H3. The number of hydrogen-bond acceptors (Lipinski definition) is 4. The summed E-state index contributed by atoms with van der Waals surface area (Å²) in [6, 6.07) is 4.79. The van der Waals surface area contributed by atoms with Crippen molar-refractivity contribution in [2.24, 2.45) is 0 Å². The second-order valence-corrected chi connectivity index (χ2v) is 5.81. The molecule has 0 saturated heterocycles. The Bertz CT molecular complexity index is 906. The highest BCUT2D eigenvalue weighted by atomic mass is 19.4. The second kappa shape index (κ2) is 7.29. The molecule has 2 heterocycles. The highest BCUT2D eigenvalue weighted by Gasteiger charge is 2.34. The highest BCUT2D eigenvalue weighted by Crippen LogP contribution is 2.35. The Kier molecular flexibility index (Phi) is 5.06. The van der Waals surface area contributed by atoms with Crippen molar-refractivity contribution in [1.82, 2.24) is 4.98 Å². The monoisotopic (exact) mass is 376 g/mol. The topological polar surface area (TPSA) is 51.7 Å². The maximum Gasteiger partial charge on any atom is 0.416 e. The third-order valence-corrected chi connectivity index (χ3v) is 4.28. The molecule has 27 heavy (non-hydrogen) atoms. The lowest BCUT2D eigenvalue weighted by Gasteiger charge is -2.31. The van der Waals surface area contributed by atoms with E-state index in [1.807, 2.05) is 6.11 Å². The summed E-state index contributed by atoms with van der Waals surface area (Å²) in [5.41, 5.74) is 0.533. The third-order valence-electron chi connectivity index (χ3n) is 4.28. The molecule has 1 aliphatic heterocycles. The molecule has 0 bridgehead atoms. The molecule has 1 aliphatic rings. The fraction of sp³-hybridized carbons (Fsp3) is 0.263. The molecule has 3 rings (SSSR count). The van der Waals surface area contributed by atoms with Crippen LogP contribution in [0.25, 0.3) is 0 Å². The van der Waals surface area contributed by atoms with Crippen LogP contribution in [-0.2, 0) is 22.1 Å². The molecule has 1 aromatic carbocycles. The Morgan fingerprint density at radius 1 is 1.33 bits per heavy atom. The van der Waals surface area contributed by atoms with E-state index >= 15 is 0 Å². The van der Waals surface area contributed by atoms with Crippen LogP contribution >= 0.6 is 0 Å². The van der Waals surface area contributed by atoms with Gasteiger partial charge in [-0.15, -0.1) is 0 Å². The molecule has 5 nitrogen and oxygen atoms in total. The van der Waals surface area contributed by atoms with Gasteiger partial charge in [0.15, 0.2) is 0 Å². The van der Waals surface area contributed by atoms with Gasteiger partial charge in [-0.05, 0) is 30.2 Å². The van der Waals surface area contributed by atoms with Crippen molar-refractivity contribution in [3.05, 3.63) is 58.9 Å². The van der Waals surface area contributed by atoms with Gasteiger partial charge in [0.2, 0.25) is 6.29 Å². The van der Waals surface area contributed by atoms with Crippen molar-refractivity contribution in [3.63, 3.8) is 0 Å². The van der Waals surface area contributed by atoms with E-state index < -0.39 is 23.9 Å². The first-order valence-corrected chi connectivity index (χ1v) is 7.96. The summed E-state index contributed by atoms with van der Waals surface area (Å²) >= 11 is 0. The molecule has 1 unspecified atom stereocenters. The lowest BCUT2D eigenvalue weighted by molar-refractivity contribution is -0.137. The molecule has 140 valence electrons. The molecular formula is C19H15F3N2O3. The number of alkyl halides is 3. The lowest BCUT2D eigenvalue weighted by Crippen LogP contribution is -2.38. The number of amides is 1. The minimum absolute atomic E-state index is 0.0118. The minimum atomic E-state index is -4.53. The van der Waals surface area contributed by atoms with Crippen LogP contribution in [-0.4, -0.2) is 24.5 Å². The molecule has 0 saturated carbocycles. The van der Waals surface area contributed by atoms with Crippen molar-refractivity contribution in [2.45, 2.75) is 18.9 Å². The quantitative estimate of drug-likeness (QED) is 0.605. The number of nitrogens with zero attached hydrogens (tertiary/aromatic N) is 2. The normalized spacial score (nSPS) is 15.1. The van der Waals surface area contributed by atoms with Crippen molar-refractivity contribution in [2.75, 3.05) is 18.6 Å². The number of halogens is 3. The summed E-state index contributed by atoms with van der Waals surface area (Å²) in [5.74, 6) is -0.549. The summed E-state index contributed by atoms with van der Waals surface area (Å²) < 4.78 is 49.3. The van der Waals surface area contributed by atoms with Gasteiger partial charge in [0, 0.05) is 31.0 Å². The number of hydrogen-bond donors (Lipinski definition) is 0. The number of carbonyl (C=O) groups excluding carboxylic acids is 1. The predicted molar refractivity (Wildman–Crippen MR) is 90.7 cm³/mol. The highest BCUT2D eigenvalue weighted by molar-refractivity contribution is 6.08. The van der Waals surface area contributed by atoms with Crippen LogP contribution in [0.3, 0.4) is 0 Å². The number of ether oxygens (including phenoxy) is 2. The summed E-state index contributed by atoms with van der Waals surface area (Å²) in [7, 11) is 1.38. The number of terminal acetylenes is 1. The molecule has 1 atom stereocenters. The third kappa shape index (κ3) is 3.59. The van der Waals surface area contributed by atoms with Crippen LogP contribution in [0.5, 0.6) is 0 Å². The Morgan fingerprint density at radius 2 is 2.11 bits per heavy atom. The van der Waals surface area contributed by atoms with Gasteiger partial charge in [-0.25, -0.2) is 0 Å². The number of pyridine rings is 1. The smallest absolute Gasteiger partial charge is 0.410 e. The van der Waals surface area contributed by atoms with Gasteiger partial charge in [-0.1, -0.05) is 12.5 Å². The average molecular weight is 376 g/mol. The first-order valence-electron chi connectivity index (χ1n) is 7.96. The van der Waals surface area contributed by atoms with E-state index in [-0.39, 0.29) is 12.1 Å². The van der Waals surface area contributed by atoms with E-state index in [2.05, 4.69) is 4.98 Å². The van der Waals surface area contributed by atoms with Crippen LogP contribution in [0.15, 0.2) is 36.7 Å². The molecule has 2 aromatic rings. The van der Waals surface area contributed by atoms with Crippen molar-refractivity contribution < 1.29 is 27.4 Å². The van der Waals surface area contributed by atoms with E-state index in [1.165, 1.54) is 30.5 Å². The number of carbonyl (C=O) groups is 1. The summed E-state index contributed by atoms with van der Waals surface area (Å²) in [4.78, 5) is 18.3. The van der Waals surface area contributed by atoms with Crippen molar-refractivity contribution in [1.29, 1.82) is 0 Å². The van der Waals surface area contributed by atoms with Gasteiger partial charge in [-0.2, -0.15) is 13.2 Å².